The second-order valence-corrected chi connectivity index (χ2v) is 6.57. The summed E-state index contributed by atoms with van der Waals surface area (Å²) < 4.78 is 0. The molecule has 0 aromatic rings. The van der Waals surface area contributed by atoms with E-state index in [0.717, 1.165) is 12.3 Å². The first-order chi connectivity index (χ1) is 7.00. The molecule has 0 aromatic carbocycles. The first kappa shape index (κ1) is 11.2. The second kappa shape index (κ2) is 3.61. The molecule has 86 valence electrons. The highest BCUT2D eigenvalue weighted by Gasteiger charge is 2.51. The van der Waals surface area contributed by atoms with Crippen LogP contribution in [0.15, 0.2) is 0 Å². The number of hydrogen-bond acceptors (Lipinski definition) is 1. The zero-order valence-electron chi connectivity index (χ0n) is 10.4. The second-order valence-electron chi connectivity index (χ2n) is 6.57. The van der Waals surface area contributed by atoms with Gasteiger partial charge in [-0.2, -0.15) is 0 Å². The van der Waals surface area contributed by atoms with Gasteiger partial charge in [0.05, 0.1) is 0 Å². The maximum atomic E-state index is 11.2. The molecule has 3 atom stereocenters. The Morgan fingerprint density at radius 2 is 1.80 bits per heavy atom. The fourth-order valence-corrected chi connectivity index (χ4v) is 4.43. The number of fused-ring (bicyclic) bond motifs is 1. The first-order valence-corrected chi connectivity index (χ1v) is 6.46. The Kier molecular flexibility index (Phi) is 2.68. The molecule has 0 saturated heterocycles. The number of carbonyl (C=O) groups is 1. The zero-order chi connectivity index (χ0) is 11.1. The van der Waals surface area contributed by atoms with Crippen LogP contribution in [0.5, 0.6) is 0 Å². The lowest BCUT2D eigenvalue weighted by Gasteiger charge is -2.56. The lowest BCUT2D eigenvalue weighted by atomic mass is 9.49. The van der Waals surface area contributed by atoms with Gasteiger partial charge in [-0.3, -0.25) is 0 Å². The minimum atomic E-state index is 0.307. The van der Waals surface area contributed by atoms with Gasteiger partial charge in [-0.15, -0.1) is 0 Å². The smallest absolute Gasteiger partial charge is 0.123 e. The Morgan fingerprint density at radius 3 is 2.47 bits per heavy atom. The fraction of sp³-hybridized carbons (Fsp3) is 0.929. The van der Waals surface area contributed by atoms with E-state index in [9.17, 15) is 4.79 Å². The molecule has 0 radical (unpaired) electrons. The van der Waals surface area contributed by atoms with E-state index >= 15 is 0 Å². The van der Waals surface area contributed by atoms with E-state index < -0.39 is 0 Å². The van der Waals surface area contributed by atoms with E-state index in [1.807, 2.05) is 0 Å². The van der Waals surface area contributed by atoms with Crippen molar-refractivity contribution < 1.29 is 4.79 Å². The number of aldehydes is 1. The van der Waals surface area contributed by atoms with Crippen molar-refractivity contribution >= 4 is 6.29 Å². The van der Waals surface area contributed by atoms with Crippen LogP contribution in [0.3, 0.4) is 0 Å². The molecule has 2 saturated carbocycles. The van der Waals surface area contributed by atoms with Crippen LogP contribution in [0, 0.1) is 22.7 Å². The summed E-state index contributed by atoms with van der Waals surface area (Å²) in [6.07, 6.45) is 8.90. The first-order valence-electron chi connectivity index (χ1n) is 6.46. The molecular formula is C14H24O. The SMILES string of the molecule is CC1(C)CCCC2(C)C(C=O)CCCC12. The van der Waals surface area contributed by atoms with Crippen molar-refractivity contribution in [3.63, 3.8) is 0 Å². The highest BCUT2D eigenvalue weighted by molar-refractivity contribution is 5.55. The molecule has 2 fully saturated rings. The van der Waals surface area contributed by atoms with Crippen LogP contribution < -0.4 is 0 Å². The molecule has 15 heavy (non-hydrogen) atoms. The van der Waals surface area contributed by atoms with E-state index in [1.54, 1.807) is 0 Å². The van der Waals surface area contributed by atoms with Gasteiger partial charge in [0.25, 0.3) is 0 Å². The molecule has 2 aliphatic carbocycles. The molecule has 0 aliphatic heterocycles. The van der Waals surface area contributed by atoms with Crippen molar-refractivity contribution in [1.82, 2.24) is 0 Å². The molecule has 0 N–H and O–H groups in total. The molecule has 2 aliphatic rings. The van der Waals surface area contributed by atoms with Crippen molar-refractivity contribution in [1.29, 1.82) is 0 Å². The Hall–Kier alpha value is -0.330. The molecule has 0 aromatic heterocycles. The van der Waals surface area contributed by atoms with Gasteiger partial charge in [0.15, 0.2) is 0 Å². The summed E-state index contributed by atoms with van der Waals surface area (Å²) >= 11 is 0. The van der Waals surface area contributed by atoms with Crippen molar-refractivity contribution in [3.05, 3.63) is 0 Å². The van der Waals surface area contributed by atoms with Crippen LogP contribution in [0.1, 0.15) is 59.3 Å². The summed E-state index contributed by atoms with van der Waals surface area (Å²) in [6.45, 7) is 7.18. The van der Waals surface area contributed by atoms with E-state index in [4.69, 9.17) is 0 Å². The van der Waals surface area contributed by atoms with Gasteiger partial charge in [0, 0.05) is 5.92 Å². The molecule has 0 bridgehead atoms. The average molecular weight is 208 g/mol. The van der Waals surface area contributed by atoms with Crippen LogP contribution in [0.25, 0.3) is 0 Å². The quantitative estimate of drug-likeness (QED) is 0.599. The van der Waals surface area contributed by atoms with Gasteiger partial charge in [0.1, 0.15) is 6.29 Å². The monoisotopic (exact) mass is 208 g/mol. The summed E-state index contributed by atoms with van der Waals surface area (Å²) in [5.41, 5.74) is 0.760. The third-order valence-electron chi connectivity index (χ3n) is 5.30. The normalized spacial score (nSPS) is 44.5. The van der Waals surface area contributed by atoms with E-state index in [0.29, 0.717) is 16.7 Å². The van der Waals surface area contributed by atoms with Crippen LogP contribution >= 0.6 is 0 Å². The van der Waals surface area contributed by atoms with Crippen molar-refractivity contribution in [2.24, 2.45) is 22.7 Å². The summed E-state index contributed by atoms with van der Waals surface area (Å²) in [4.78, 5) is 11.2. The predicted octanol–water partition coefficient (Wildman–Crippen LogP) is 3.82. The molecule has 1 heteroatoms. The van der Waals surface area contributed by atoms with Gasteiger partial charge in [0.2, 0.25) is 0 Å². The number of carbonyl (C=O) groups excluding carboxylic acids is 1. The van der Waals surface area contributed by atoms with E-state index in [1.165, 1.54) is 38.4 Å². The number of hydrogen-bond donors (Lipinski definition) is 0. The van der Waals surface area contributed by atoms with E-state index in [-0.39, 0.29) is 0 Å². The van der Waals surface area contributed by atoms with Crippen molar-refractivity contribution in [2.75, 3.05) is 0 Å². The minimum absolute atomic E-state index is 0.307. The predicted molar refractivity (Wildman–Crippen MR) is 62.6 cm³/mol. The Bertz CT molecular complexity index is 256. The van der Waals surface area contributed by atoms with Crippen molar-refractivity contribution in [3.8, 4) is 0 Å². The largest absolute Gasteiger partial charge is 0.303 e. The maximum absolute atomic E-state index is 11.2. The lowest BCUT2D eigenvalue weighted by Crippen LogP contribution is -2.49. The molecule has 0 amide bonds. The summed E-state index contributed by atoms with van der Waals surface area (Å²) in [5, 5.41) is 0. The molecule has 0 spiro atoms. The van der Waals surface area contributed by atoms with Gasteiger partial charge >= 0.3 is 0 Å². The van der Waals surface area contributed by atoms with E-state index in [2.05, 4.69) is 20.8 Å². The molecule has 3 unspecified atom stereocenters. The fourth-order valence-electron chi connectivity index (χ4n) is 4.43. The zero-order valence-corrected chi connectivity index (χ0v) is 10.4. The number of rotatable bonds is 1. The summed E-state index contributed by atoms with van der Waals surface area (Å²) in [6, 6.07) is 0. The van der Waals surface area contributed by atoms with Gasteiger partial charge < -0.3 is 4.79 Å². The van der Waals surface area contributed by atoms with Gasteiger partial charge in [-0.25, -0.2) is 0 Å². The van der Waals surface area contributed by atoms with Gasteiger partial charge in [-0.1, -0.05) is 33.6 Å². The molecular weight excluding hydrogens is 184 g/mol. The van der Waals surface area contributed by atoms with Crippen LogP contribution in [-0.2, 0) is 4.79 Å². The standard InChI is InChI=1S/C14H24O/c1-13(2)8-5-9-14(3)11(10-15)6-4-7-12(13)14/h10-12H,4-9H2,1-3H3. The molecule has 1 nitrogen and oxygen atoms in total. The maximum Gasteiger partial charge on any atom is 0.123 e. The summed E-state index contributed by atoms with van der Waals surface area (Å²) in [5.74, 6) is 1.10. The van der Waals surface area contributed by atoms with Crippen LogP contribution in [0.4, 0.5) is 0 Å². The average Bonchev–Trinajstić information content (AvgIpc) is 2.16. The Labute approximate surface area is 93.6 Å². The third-order valence-corrected chi connectivity index (χ3v) is 5.30. The Balaban J connectivity index is 2.30. The topological polar surface area (TPSA) is 17.1 Å². The highest BCUT2D eigenvalue weighted by Crippen LogP contribution is 2.59. The summed E-state index contributed by atoms with van der Waals surface area (Å²) in [7, 11) is 0. The van der Waals surface area contributed by atoms with Crippen molar-refractivity contribution in [2.45, 2.75) is 59.3 Å². The highest BCUT2D eigenvalue weighted by atomic mass is 16.1. The van der Waals surface area contributed by atoms with Gasteiger partial charge in [-0.05, 0) is 42.4 Å². The molecule has 2 rings (SSSR count). The van der Waals surface area contributed by atoms with Crippen LogP contribution in [-0.4, -0.2) is 6.29 Å². The minimum Gasteiger partial charge on any atom is -0.303 e. The third kappa shape index (κ3) is 1.64. The lowest BCUT2D eigenvalue weighted by molar-refractivity contribution is -0.126. The Morgan fingerprint density at radius 1 is 1.07 bits per heavy atom. The van der Waals surface area contributed by atoms with Crippen LogP contribution in [0.2, 0.25) is 0 Å². The molecule has 0 heterocycles.